The van der Waals surface area contributed by atoms with Crippen LogP contribution in [-0.4, -0.2) is 20.1 Å². The van der Waals surface area contributed by atoms with E-state index in [1.54, 1.807) is 44.5 Å². The third-order valence-corrected chi connectivity index (χ3v) is 3.28. The monoisotopic (exact) mass is 305 g/mol. The zero-order chi connectivity index (χ0) is 15.4. The summed E-state index contributed by atoms with van der Waals surface area (Å²) in [7, 11) is 3.13. The summed E-state index contributed by atoms with van der Waals surface area (Å²) < 4.78 is 5.16. The Morgan fingerprint density at radius 1 is 1.24 bits per heavy atom. The predicted octanol–water partition coefficient (Wildman–Crippen LogP) is 3.03. The van der Waals surface area contributed by atoms with Crippen molar-refractivity contribution in [3.63, 3.8) is 0 Å². The fourth-order valence-electron chi connectivity index (χ4n) is 1.86. The molecule has 0 spiro atoms. The molecule has 2 aromatic carbocycles. The molecule has 1 amide bonds. The average Bonchev–Trinajstić information content (AvgIpc) is 2.50. The number of nitrogen functional groups attached to an aromatic ring is 1. The first kappa shape index (κ1) is 15.0. The van der Waals surface area contributed by atoms with E-state index in [1.165, 1.54) is 0 Å². The second-order valence-electron chi connectivity index (χ2n) is 4.36. The first-order chi connectivity index (χ1) is 10.0. The van der Waals surface area contributed by atoms with Crippen molar-refractivity contribution in [3.8, 4) is 5.75 Å². The summed E-state index contributed by atoms with van der Waals surface area (Å²) in [6, 6.07) is 10.4. The lowest BCUT2D eigenvalue weighted by Crippen LogP contribution is -2.17. The number of halogens is 1. The Balaban J connectivity index is 2.26. The van der Waals surface area contributed by atoms with Crippen LogP contribution in [0.5, 0.6) is 5.75 Å². The molecule has 0 unspecified atom stereocenters. The van der Waals surface area contributed by atoms with Crippen molar-refractivity contribution in [2.24, 2.45) is 0 Å². The normalized spacial score (nSPS) is 10.0. The molecule has 0 saturated heterocycles. The zero-order valence-electron chi connectivity index (χ0n) is 11.7. The van der Waals surface area contributed by atoms with E-state index in [4.69, 9.17) is 22.1 Å². The number of hydrogen-bond acceptors (Lipinski definition) is 4. The fraction of sp³-hybridized carbons (Fsp3) is 0.133. The number of methoxy groups -OCH3 is 1. The second-order valence-corrected chi connectivity index (χ2v) is 4.76. The number of amides is 1. The molecule has 0 aliphatic heterocycles. The number of rotatable bonds is 4. The van der Waals surface area contributed by atoms with Crippen LogP contribution in [0.15, 0.2) is 36.4 Å². The van der Waals surface area contributed by atoms with Crippen molar-refractivity contribution in [1.82, 2.24) is 5.32 Å². The highest BCUT2D eigenvalue weighted by Crippen LogP contribution is 2.30. The summed E-state index contributed by atoms with van der Waals surface area (Å²) in [5.74, 6) is 0.392. The van der Waals surface area contributed by atoms with Gasteiger partial charge in [0.05, 0.1) is 23.5 Å². The van der Waals surface area contributed by atoms with Gasteiger partial charge in [-0.05, 0) is 30.3 Å². The molecule has 2 aromatic rings. The summed E-state index contributed by atoms with van der Waals surface area (Å²) >= 11 is 5.98. The van der Waals surface area contributed by atoms with E-state index in [0.29, 0.717) is 27.7 Å². The SMILES string of the molecule is CNC(=O)c1ccc(Nc2ccc(Cl)c(OC)c2)c(N)c1. The fourth-order valence-corrected chi connectivity index (χ4v) is 2.05. The maximum absolute atomic E-state index is 11.5. The third-order valence-electron chi connectivity index (χ3n) is 2.97. The predicted molar refractivity (Wildman–Crippen MR) is 85.5 cm³/mol. The zero-order valence-corrected chi connectivity index (χ0v) is 12.5. The molecule has 0 aliphatic carbocycles. The van der Waals surface area contributed by atoms with E-state index in [2.05, 4.69) is 10.6 Å². The standard InChI is InChI=1S/C15H16ClN3O2/c1-18-15(20)9-3-6-13(12(17)7-9)19-10-4-5-11(16)14(8-10)21-2/h3-8,19H,17H2,1-2H3,(H,18,20). The minimum atomic E-state index is -0.179. The van der Waals surface area contributed by atoms with Crippen LogP contribution in [-0.2, 0) is 0 Å². The van der Waals surface area contributed by atoms with Crippen LogP contribution in [0.1, 0.15) is 10.4 Å². The summed E-state index contributed by atoms with van der Waals surface area (Å²) in [4.78, 5) is 11.5. The Morgan fingerprint density at radius 2 is 2.00 bits per heavy atom. The molecule has 0 aliphatic rings. The van der Waals surface area contributed by atoms with Crippen molar-refractivity contribution in [3.05, 3.63) is 47.0 Å². The Labute approximate surface area is 128 Å². The molecule has 4 N–H and O–H groups in total. The topological polar surface area (TPSA) is 76.4 Å². The molecule has 0 saturated carbocycles. The van der Waals surface area contributed by atoms with E-state index in [0.717, 1.165) is 5.69 Å². The Kier molecular flexibility index (Phi) is 4.55. The molecule has 21 heavy (non-hydrogen) atoms. The van der Waals surface area contributed by atoms with Crippen molar-refractivity contribution < 1.29 is 9.53 Å². The lowest BCUT2D eigenvalue weighted by Gasteiger charge is -2.12. The van der Waals surface area contributed by atoms with Gasteiger partial charge in [0.15, 0.2) is 0 Å². The number of carbonyl (C=O) groups excluding carboxylic acids is 1. The van der Waals surface area contributed by atoms with Gasteiger partial charge in [-0.2, -0.15) is 0 Å². The molecule has 0 radical (unpaired) electrons. The maximum Gasteiger partial charge on any atom is 0.251 e. The second kappa shape index (κ2) is 6.37. The van der Waals surface area contributed by atoms with E-state index in [9.17, 15) is 4.79 Å². The van der Waals surface area contributed by atoms with Gasteiger partial charge in [0.25, 0.3) is 5.91 Å². The smallest absolute Gasteiger partial charge is 0.251 e. The van der Waals surface area contributed by atoms with E-state index in [1.807, 2.05) is 6.07 Å². The van der Waals surface area contributed by atoms with Crippen molar-refractivity contribution in [2.75, 3.05) is 25.2 Å². The average molecular weight is 306 g/mol. The molecule has 0 fully saturated rings. The lowest BCUT2D eigenvalue weighted by atomic mass is 10.1. The van der Waals surface area contributed by atoms with E-state index >= 15 is 0 Å². The largest absolute Gasteiger partial charge is 0.495 e. The highest BCUT2D eigenvalue weighted by Gasteiger charge is 2.08. The molecule has 2 rings (SSSR count). The van der Waals surface area contributed by atoms with Crippen LogP contribution in [0.25, 0.3) is 0 Å². The van der Waals surface area contributed by atoms with Gasteiger partial charge >= 0.3 is 0 Å². The molecule has 5 nitrogen and oxygen atoms in total. The number of ether oxygens (including phenoxy) is 1. The van der Waals surface area contributed by atoms with Crippen molar-refractivity contribution >= 4 is 34.6 Å². The van der Waals surface area contributed by atoms with Crippen LogP contribution in [0.4, 0.5) is 17.1 Å². The molecular formula is C15H16ClN3O2. The van der Waals surface area contributed by atoms with Crippen LogP contribution < -0.4 is 21.1 Å². The van der Waals surface area contributed by atoms with Crippen LogP contribution in [0.3, 0.4) is 0 Å². The Morgan fingerprint density at radius 3 is 2.62 bits per heavy atom. The van der Waals surface area contributed by atoms with Gasteiger partial charge in [0, 0.05) is 24.4 Å². The summed E-state index contributed by atoms with van der Waals surface area (Å²) in [6.07, 6.45) is 0. The Bertz CT molecular complexity index is 674. The van der Waals surface area contributed by atoms with Gasteiger partial charge in [0.2, 0.25) is 0 Å². The number of carbonyl (C=O) groups is 1. The summed E-state index contributed by atoms with van der Waals surface area (Å²) in [6.45, 7) is 0. The molecule has 0 aromatic heterocycles. The number of hydrogen-bond donors (Lipinski definition) is 3. The van der Waals surface area contributed by atoms with Crippen LogP contribution >= 0.6 is 11.6 Å². The number of nitrogens with one attached hydrogen (secondary N) is 2. The van der Waals surface area contributed by atoms with Crippen molar-refractivity contribution in [1.29, 1.82) is 0 Å². The first-order valence-corrected chi connectivity index (χ1v) is 6.65. The highest BCUT2D eigenvalue weighted by atomic mass is 35.5. The highest BCUT2D eigenvalue weighted by molar-refractivity contribution is 6.32. The molecule has 0 atom stereocenters. The quantitative estimate of drug-likeness (QED) is 0.759. The van der Waals surface area contributed by atoms with E-state index < -0.39 is 0 Å². The van der Waals surface area contributed by atoms with Gasteiger partial charge in [-0.15, -0.1) is 0 Å². The van der Waals surface area contributed by atoms with Crippen LogP contribution in [0.2, 0.25) is 5.02 Å². The third kappa shape index (κ3) is 3.38. The minimum absolute atomic E-state index is 0.179. The lowest BCUT2D eigenvalue weighted by molar-refractivity contribution is 0.0963. The molecule has 110 valence electrons. The van der Waals surface area contributed by atoms with Crippen molar-refractivity contribution in [2.45, 2.75) is 0 Å². The first-order valence-electron chi connectivity index (χ1n) is 6.27. The van der Waals surface area contributed by atoms with Gasteiger partial charge < -0.3 is 21.1 Å². The maximum atomic E-state index is 11.5. The molecule has 0 heterocycles. The van der Waals surface area contributed by atoms with Crippen LogP contribution in [0, 0.1) is 0 Å². The Hall–Kier alpha value is -2.40. The summed E-state index contributed by atoms with van der Waals surface area (Å²) in [5, 5.41) is 6.25. The number of anilines is 3. The minimum Gasteiger partial charge on any atom is -0.495 e. The molecule has 6 heteroatoms. The molecular weight excluding hydrogens is 290 g/mol. The van der Waals surface area contributed by atoms with Gasteiger partial charge in [0.1, 0.15) is 5.75 Å². The number of nitrogens with two attached hydrogens (primary N) is 1. The van der Waals surface area contributed by atoms with E-state index in [-0.39, 0.29) is 5.91 Å². The number of benzene rings is 2. The van der Waals surface area contributed by atoms with Gasteiger partial charge in [-0.25, -0.2) is 0 Å². The molecule has 0 bridgehead atoms. The van der Waals surface area contributed by atoms with Gasteiger partial charge in [-0.1, -0.05) is 11.6 Å². The summed E-state index contributed by atoms with van der Waals surface area (Å²) in [5.41, 5.74) is 8.44. The van der Waals surface area contributed by atoms with Gasteiger partial charge in [-0.3, -0.25) is 4.79 Å².